The van der Waals surface area contributed by atoms with E-state index in [1.807, 2.05) is 29.2 Å². The number of rotatable bonds is 6. The van der Waals surface area contributed by atoms with E-state index >= 15 is 0 Å². The number of anilines is 1. The molecule has 2 aromatic carbocycles. The summed E-state index contributed by atoms with van der Waals surface area (Å²) in [4.78, 5) is 24.6. The van der Waals surface area contributed by atoms with Gasteiger partial charge < -0.3 is 10.2 Å². The molecule has 1 heterocycles. The third-order valence-electron chi connectivity index (χ3n) is 5.10. The van der Waals surface area contributed by atoms with E-state index in [0.717, 1.165) is 32.4 Å². The topological polar surface area (TPSA) is 99.3 Å². The second-order valence-corrected chi connectivity index (χ2v) is 6.97. The number of non-ortho nitro benzene ring substituents is 1. The molecular formula is C21H22N4O3. The monoisotopic (exact) mass is 378 g/mol. The molecule has 0 atom stereocenters. The van der Waals surface area contributed by atoms with Crippen LogP contribution < -0.4 is 5.32 Å². The fourth-order valence-electron chi connectivity index (χ4n) is 3.51. The molecule has 1 aliphatic rings. The van der Waals surface area contributed by atoms with Gasteiger partial charge in [0.25, 0.3) is 5.69 Å². The maximum absolute atomic E-state index is 12.5. The zero-order valence-electron chi connectivity index (χ0n) is 15.5. The van der Waals surface area contributed by atoms with Gasteiger partial charge in [0, 0.05) is 25.2 Å². The van der Waals surface area contributed by atoms with Crippen molar-refractivity contribution in [2.24, 2.45) is 5.92 Å². The number of nitro groups is 1. The average molecular weight is 378 g/mol. The Morgan fingerprint density at radius 2 is 1.93 bits per heavy atom. The number of nitrogens with zero attached hydrogens (tertiary/aromatic N) is 3. The standard InChI is InChI=1S/C21H22N4O3/c22-14-18-13-19(25(27)28)6-7-20(18)23-15-21(26)24-10-8-17(9-11-24)12-16-4-2-1-3-5-16/h1-7,13,17,23H,8-12,15H2. The molecule has 0 bridgehead atoms. The quantitative estimate of drug-likeness (QED) is 0.614. The summed E-state index contributed by atoms with van der Waals surface area (Å²) in [6, 6.07) is 16.3. The Morgan fingerprint density at radius 3 is 2.57 bits per heavy atom. The summed E-state index contributed by atoms with van der Waals surface area (Å²) in [5.41, 5.74) is 1.77. The third kappa shape index (κ3) is 4.86. The lowest BCUT2D eigenvalue weighted by atomic mass is 9.90. The Bertz CT molecular complexity index is 884. The van der Waals surface area contributed by atoms with Gasteiger partial charge in [0.1, 0.15) is 6.07 Å². The molecule has 1 saturated heterocycles. The van der Waals surface area contributed by atoms with Crippen molar-refractivity contribution < 1.29 is 9.72 Å². The van der Waals surface area contributed by atoms with Crippen LogP contribution in [0.2, 0.25) is 0 Å². The van der Waals surface area contributed by atoms with Crippen molar-refractivity contribution in [2.75, 3.05) is 25.0 Å². The Hall–Kier alpha value is -3.40. The first-order chi connectivity index (χ1) is 13.6. The predicted molar refractivity (Wildman–Crippen MR) is 106 cm³/mol. The summed E-state index contributed by atoms with van der Waals surface area (Å²) >= 11 is 0. The molecule has 0 radical (unpaired) electrons. The van der Waals surface area contributed by atoms with Crippen LogP contribution in [0.3, 0.4) is 0 Å². The molecule has 28 heavy (non-hydrogen) atoms. The minimum atomic E-state index is -0.546. The predicted octanol–water partition coefficient (Wildman–Crippen LogP) is 3.36. The molecule has 1 aliphatic heterocycles. The van der Waals surface area contributed by atoms with Crippen molar-refractivity contribution in [3.8, 4) is 6.07 Å². The van der Waals surface area contributed by atoms with E-state index in [1.54, 1.807) is 0 Å². The first-order valence-corrected chi connectivity index (χ1v) is 9.31. The number of likely N-dealkylation sites (tertiary alicyclic amines) is 1. The summed E-state index contributed by atoms with van der Waals surface area (Å²) in [6.45, 7) is 1.52. The minimum absolute atomic E-state index is 0.0274. The summed E-state index contributed by atoms with van der Waals surface area (Å²) in [6.07, 6.45) is 2.98. The fraction of sp³-hybridized carbons (Fsp3) is 0.333. The van der Waals surface area contributed by atoms with Gasteiger partial charge in [-0.1, -0.05) is 30.3 Å². The highest BCUT2D eigenvalue weighted by atomic mass is 16.6. The molecule has 0 unspecified atom stereocenters. The van der Waals surface area contributed by atoms with Gasteiger partial charge in [0.05, 0.1) is 22.7 Å². The van der Waals surface area contributed by atoms with Crippen LogP contribution in [0.4, 0.5) is 11.4 Å². The molecule has 0 saturated carbocycles. The van der Waals surface area contributed by atoms with E-state index in [2.05, 4.69) is 17.4 Å². The van der Waals surface area contributed by atoms with Gasteiger partial charge >= 0.3 is 0 Å². The maximum atomic E-state index is 12.5. The normalized spacial score (nSPS) is 14.3. The second-order valence-electron chi connectivity index (χ2n) is 6.97. The van der Waals surface area contributed by atoms with Crippen LogP contribution in [0, 0.1) is 27.4 Å². The van der Waals surface area contributed by atoms with Gasteiger partial charge in [0.2, 0.25) is 5.91 Å². The molecule has 7 nitrogen and oxygen atoms in total. The van der Waals surface area contributed by atoms with E-state index < -0.39 is 4.92 Å². The first-order valence-electron chi connectivity index (χ1n) is 9.31. The van der Waals surface area contributed by atoms with Crippen LogP contribution in [0.25, 0.3) is 0 Å². The number of nitriles is 1. The van der Waals surface area contributed by atoms with E-state index in [9.17, 15) is 20.2 Å². The lowest BCUT2D eigenvalue weighted by Gasteiger charge is -2.32. The summed E-state index contributed by atoms with van der Waals surface area (Å²) in [5.74, 6) is 0.555. The molecule has 7 heteroatoms. The Morgan fingerprint density at radius 1 is 1.21 bits per heavy atom. The third-order valence-corrected chi connectivity index (χ3v) is 5.10. The number of amides is 1. The molecule has 144 valence electrons. The molecular weight excluding hydrogens is 356 g/mol. The van der Waals surface area contributed by atoms with Gasteiger partial charge in [-0.05, 0) is 36.8 Å². The van der Waals surface area contributed by atoms with Crippen molar-refractivity contribution in [3.63, 3.8) is 0 Å². The summed E-state index contributed by atoms with van der Waals surface area (Å²) in [7, 11) is 0. The average Bonchev–Trinajstić information content (AvgIpc) is 2.73. The van der Waals surface area contributed by atoms with Crippen molar-refractivity contribution in [3.05, 3.63) is 69.8 Å². The number of piperidine rings is 1. The molecule has 0 aliphatic carbocycles. The highest BCUT2D eigenvalue weighted by Crippen LogP contribution is 2.23. The summed E-state index contributed by atoms with van der Waals surface area (Å²) < 4.78 is 0. The number of hydrogen-bond acceptors (Lipinski definition) is 5. The smallest absolute Gasteiger partial charge is 0.270 e. The van der Waals surface area contributed by atoms with Gasteiger partial charge in [-0.25, -0.2) is 0 Å². The van der Waals surface area contributed by atoms with E-state index in [0.29, 0.717) is 11.6 Å². The van der Waals surface area contributed by atoms with Gasteiger partial charge in [-0.15, -0.1) is 0 Å². The Kier molecular flexibility index (Phi) is 6.22. The molecule has 0 spiro atoms. The molecule has 3 rings (SSSR count). The molecule has 0 aromatic heterocycles. The molecule has 1 amide bonds. The van der Waals surface area contributed by atoms with Crippen LogP contribution in [0.5, 0.6) is 0 Å². The largest absolute Gasteiger partial charge is 0.375 e. The number of carbonyl (C=O) groups is 1. The SMILES string of the molecule is N#Cc1cc([N+](=O)[O-])ccc1NCC(=O)N1CCC(Cc2ccccc2)CC1. The zero-order chi connectivity index (χ0) is 19.9. The lowest BCUT2D eigenvalue weighted by molar-refractivity contribution is -0.384. The molecule has 2 aromatic rings. The van der Waals surface area contributed by atoms with Crippen LogP contribution in [0.15, 0.2) is 48.5 Å². The number of benzene rings is 2. The van der Waals surface area contributed by atoms with Gasteiger partial charge in [0.15, 0.2) is 0 Å². The van der Waals surface area contributed by atoms with Crippen molar-refractivity contribution in [2.45, 2.75) is 19.3 Å². The number of nitrogens with one attached hydrogen (secondary N) is 1. The first kappa shape index (κ1) is 19.4. The van der Waals surface area contributed by atoms with Gasteiger partial charge in [-0.3, -0.25) is 14.9 Å². The van der Waals surface area contributed by atoms with Gasteiger partial charge in [-0.2, -0.15) is 5.26 Å². The van der Waals surface area contributed by atoms with Crippen molar-refractivity contribution in [1.29, 1.82) is 5.26 Å². The highest BCUT2D eigenvalue weighted by molar-refractivity contribution is 5.81. The molecule has 1 fully saturated rings. The van der Waals surface area contributed by atoms with Crippen molar-refractivity contribution in [1.82, 2.24) is 4.90 Å². The second kappa shape index (κ2) is 9.00. The fourth-order valence-corrected chi connectivity index (χ4v) is 3.51. The lowest BCUT2D eigenvalue weighted by Crippen LogP contribution is -2.41. The summed E-state index contributed by atoms with van der Waals surface area (Å²) in [5, 5.41) is 22.9. The van der Waals surface area contributed by atoms with Crippen LogP contribution in [-0.4, -0.2) is 35.4 Å². The minimum Gasteiger partial charge on any atom is -0.375 e. The van der Waals surface area contributed by atoms with Crippen LogP contribution in [-0.2, 0) is 11.2 Å². The zero-order valence-corrected chi connectivity index (χ0v) is 15.5. The molecule has 1 N–H and O–H groups in total. The number of nitro benzene ring substituents is 1. The van der Waals surface area contributed by atoms with Crippen LogP contribution >= 0.6 is 0 Å². The Balaban J connectivity index is 1.50. The van der Waals surface area contributed by atoms with E-state index in [4.69, 9.17) is 0 Å². The van der Waals surface area contributed by atoms with Crippen LogP contribution in [0.1, 0.15) is 24.0 Å². The number of carbonyl (C=O) groups excluding carboxylic acids is 1. The highest BCUT2D eigenvalue weighted by Gasteiger charge is 2.23. The number of hydrogen-bond donors (Lipinski definition) is 1. The van der Waals surface area contributed by atoms with Crippen molar-refractivity contribution >= 4 is 17.3 Å². The maximum Gasteiger partial charge on any atom is 0.270 e. The van der Waals surface area contributed by atoms with E-state index in [-0.39, 0.29) is 23.7 Å². The van der Waals surface area contributed by atoms with E-state index in [1.165, 1.54) is 23.8 Å². The Labute approximate surface area is 163 Å².